The zero-order valence-electron chi connectivity index (χ0n) is 27.1. The number of nitrogens with one attached hydrogen (secondary N) is 1. The van der Waals surface area contributed by atoms with E-state index in [-0.39, 0.29) is 0 Å². The van der Waals surface area contributed by atoms with Crippen LogP contribution in [0.3, 0.4) is 0 Å². The summed E-state index contributed by atoms with van der Waals surface area (Å²) in [5.41, 5.74) is 7.24. The fourth-order valence-corrected chi connectivity index (χ4v) is 6.58. The van der Waals surface area contributed by atoms with Gasteiger partial charge in [0.2, 0.25) is 5.88 Å². The summed E-state index contributed by atoms with van der Waals surface area (Å²) in [6.07, 6.45) is 4.70. The quantitative estimate of drug-likeness (QED) is 0.203. The van der Waals surface area contributed by atoms with E-state index >= 15 is 0 Å². The topological polar surface area (TPSA) is 64.0 Å². The Kier molecular flexibility index (Phi) is 12.2. The Hall–Kier alpha value is -2.78. The molecule has 2 aromatic carbocycles. The van der Waals surface area contributed by atoms with Crippen LogP contribution in [0.2, 0.25) is 5.02 Å². The molecule has 0 saturated heterocycles. The SMILES string of the molecule is CCN(c1cc(Cl)cc(CNCc2c(OC)nn(C)c2C)c1C)C1CCC(N(C)Cc2cccc(OCCOC)c2)CC1. The van der Waals surface area contributed by atoms with E-state index in [2.05, 4.69) is 78.4 Å². The first-order valence-electron chi connectivity index (χ1n) is 15.5. The molecule has 9 heteroatoms. The molecule has 1 aliphatic rings. The number of hydrogen-bond acceptors (Lipinski definition) is 7. The average Bonchev–Trinajstić information content (AvgIpc) is 3.28. The third kappa shape index (κ3) is 8.44. The number of nitrogens with zero attached hydrogens (tertiary/aromatic N) is 4. The predicted octanol–water partition coefficient (Wildman–Crippen LogP) is 6.28. The molecule has 3 aromatic rings. The van der Waals surface area contributed by atoms with Crippen LogP contribution in [-0.4, -0.2) is 67.8 Å². The molecule has 1 N–H and O–H groups in total. The Morgan fingerprint density at radius 1 is 1.02 bits per heavy atom. The molecule has 1 saturated carbocycles. The van der Waals surface area contributed by atoms with Crippen molar-refractivity contribution < 1.29 is 14.2 Å². The zero-order chi connectivity index (χ0) is 30.9. The van der Waals surface area contributed by atoms with Gasteiger partial charge in [-0.2, -0.15) is 0 Å². The second-order valence-electron chi connectivity index (χ2n) is 11.7. The highest BCUT2D eigenvalue weighted by Crippen LogP contribution is 2.34. The smallest absolute Gasteiger partial charge is 0.237 e. The molecule has 8 nitrogen and oxygen atoms in total. The van der Waals surface area contributed by atoms with Gasteiger partial charge in [0.05, 0.1) is 19.3 Å². The van der Waals surface area contributed by atoms with Gasteiger partial charge in [-0.3, -0.25) is 9.58 Å². The Balaban J connectivity index is 1.36. The van der Waals surface area contributed by atoms with Gasteiger partial charge in [-0.15, -0.1) is 5.10 Å². The first kappa shape index (κ1) is 33.1. The summed E-state index contributed by atoms with van der Waals surface area (Å²) in [5, 5.41) is 8.84. The van der Waals surface area contributed by atoms with Crippen LogP contribution in [-0.2, 0) is 31.4 Å². The van der Waals surface area contributed by atoms with Crippen molar-refractivity contribution in [2.75, 3.05) is 45.9 Å². The maximum absolute atomic E-state index is 6.71. The van der Waals surface area contributed by atoms with E-state index in [9.17, 15) is 0 Å². The van der Waals surface area contributed by atoms with Gasteiger partial charge in [0.15, 0.2) is 0 Å². The van der Waals surface area contributed by atoms with Gasteiger partial charge < -0.3 is 24.4 Å². The molecule has 0 amide bonds. The van der Waals surface area contributed by atoms with Crippen molar-refractivity contribution in [3.8, 4) is 11.6 Å². The van der Waals surface area contributed by atoms with Gasteiger partial charge in [0, 0.05) is 68.8 Å². The molecule has 0 radical (unpaired) electrons. The largest absolute Gasteiger partial charge is 0.491 e. The molecule has 0 unspecified atom stereocenters. The summed E-state index contributed by atoms with van der Waals surface area (Å²) < 4.78 is 18.3. The molecule has 0 bridgehead atoms. The minimum Gasteiger partial charge on any atom is -0.491 e. The number of benzene rings is 2. The van der Waals surface area contributed by atoms with E-state index in [0.29, 0.717) is 37.7 Å². The Morgan fingerprint density at radius 2 is 1.77 bits per heavy atom. The zero-order valence-corrected chi connectivity index (χ0v) is 27.8. The molecule has 43 heavy (non-hydrogen) atoms. The predicted molar refractivity (Wildman–Crippen MR) is 176 cm³/mol. The van der Waals surface area contributed by atoms with Gasteiger partial charge in [-0.05, 0) is 94.5 Å². The standard InChI is InChI=1S/C34H50ClN5O3/c1-8-40(30-14-12-29(13-15-30)38(4)23-26-10-9-11-31(18-26)43-17-16-41-6)33-20-28(35)19-27(24(33)2)21-36-22-32-25(3)39(5)37-34(32)42-7/h9-11,18-20,29-30,36H,8,12-17,21-23H2,1-7H3. The lowest BCUT2D eigenvalue weighted by Gasteiger charge is -2.41. The van der Waals surface area contributed by atoms with Crippen molar-refractivity contribution in [3.63, 3.8) is 0 Å². The summed E-state index contributed by atoms with van der Waals surface area (Å²) in [6.45, 7) is 11.0. The second-order valence-corrected chi connectivity index (χ2v) is 12.1. The number of halogens is 1. The maximum Gasteiger partial charge on any atom is 0.237 e. The minimum absolute atomic E-state index is 0.507. The number of anilines is 1. The number of ether oxygens (including phenoxy) is 3. The van der Waals surface area contributed by atoms with Crippen molar-refractivity contribution in [1.82, 2.24) is 20.0 Å². The Labute approximate surface area is 263 Å². The molecule has 1 aromatic heterocycles. The monoisotopic (exact) mass is 611 g/mol. The molecular formula is C34H50ClN5O3. The molecule has 1 fully saturated rings. The molecular weight excluding hydrogens is 562 g/mol. The van der Waals surface area contributed by atoms with Crippen LogP contribution in [0.5, 0.6) is 11.6 Å². The maximum atomic E-state index is 6.71. The van der Waals surface area contributed by atoms with Gasteiger partial charge in [0.25, 0.3) is 0 Å². The highest BCUT2D eigenvalue weighted by Gasteiger charge is 2.28. The van der Waals surface area contributed by atoms with E-state index in [1.54, 1.807) is 14.2 Å². The molecule has 0 aliphatic heterocycles. The van der Waals surface area contributed by atoms with Crippen molar-refractivity contribution in [1.29, 1.82) is 0 Å². The minimum atomic E-state index is 0.507. The van der Waals surface area contributed by atoms with E-state index in [0.717, 1.165) is 41.7 Å². The van der Waals surface area contributed by atoms with E-state index in [1.165, 1.54) is 48.1 Å². The number of rotatable bonds is 15. The van der Waals surface area contributed by atoms with Gasteiger partial charge in [0.1, 0.15) is 12.4 Å². The van der Waals surface area contributed by atoms with Crippen molar-refractivity contribution in [2.24, 2.45) is 7.05 Å². The first-order chi connectivity index (χ1) is 20.7. The molecule has 1 aliphatic carbocycles. The van der Waals surface area contributed by atoms with E-state index < -0.39 is 0 Å². The molecule has 1 heterocycles. The van der Waals surface area contributed by atoms with E-state index in [1.807, 2.05) is 17.8 Å². The number of hydrogen-bond donors (Lipinski definition) is 1. The normalized spacial score (nSPS) is 17.0. The molecule has 4 rings (SSSR count). The van der Waals surface area contributed by atoms with Crippen LogP contribution in [0.15, 0.2) is 36.4 Å². The van der Waals surface area contributed by atoms with Crippen LogP contribution in [0.4, 0.5) is 5.69 Å². The molecule has 236 valence electrons. The fourth-order valence-electron chi connectivity index (χ4n) is 6.34. The summed E-state index contributed by atoms with van der Waals surface area (Å²) in [7, 11) is 7.56. The Morgan fingerprint density at radius 3 is 2.47 bits per heavy atom. The highest BCUT2D eigenvalue weighted by molar-refractivity contribution is 6.31. The van der Waals surface area contributed by atoms with Crippen LogP contribution < -0.4 is 19.7 Å². The summed E-state index contributed by atoms with van der Waals surface area (Å²) in [5.74, 6) is 1.58. The van der Waals surface area contributed by atoms with Crippen molar-refractivity contribution in [3.05, 3.63) is 69.4 Å². The van der Waals surface area contributed by atoms with E-state index in [4.69, 9.17) is 25.8 Å². The highest BCUT2D eigenvalue weighted by atomic mass is 35.5. The first-order valence-corrected chi connectivity index (χ1v) is 15.9. The van der Waals surface area contributed by atoms with Crippen LogP contribution in [0, 0.1) is 13.8 Å². The van der Waals surface area contributed by atoms with Gasteiger partial charge in [-0.1, -0.05) is 23.7 Å². The lowest BCUT2D eigenvalue weighted by atomic mass is 9.88. The average molecular weight is 612 g/mol. The molecule has 0 atom stereocenters. The van der Waals surface area contributed by atoms with Crippen molar-refractivity contribution in [2.45, 2.75) is 78.2 Å². The van der Waals surface area contributed by atoms with Gasteiger partial charge >= 0.3 is 0 Å². The van der Waals surface area contributed by atoms with Crippen LogP contribution >= 0.6 is 11.6 Å². The lowest BCUT2D eigenvalue weighted by Crippen LogP contribution is -2.43. The third-order valence-corrected chi connectivity index (χ3v) is 9.17. The van der Waals surface area contributed by atoms with Crippen molar-refractivity contribution >= 4 is 17.3 Å². The fraction of sp³-hybridized carbons (Fsp3) is 0.559. The second kappa shape index (κ2) is 15.8. The summed E-state index contributed by atoms with van der Waals surface area (Å²) in [4.78, 5) is 5.09. The number of methoxy groups -OCH3 is 2. The number of aryl methyl sites for hydroxylation is 1. The molecule has 0 spiro atoms. The lowest BCUT2D eigenvalue weighted by molar-refractivity contribution is 0.146. The summed E-state index contributed by atoms with van der Waals surface area (Å²) in [6, 6.07) is 13.8. The third-order valence-electron chi connectivity index (χ3n) is 8.95. The van der Waals surface area contributed by atoms with Crippen LogP contribution in [0.25, 0.3) is 0 Å². The van der Waals surface area contributed by atoms with Crippen LogP contribution in [0.1, 0.15) is 60.6 Å². The number of aromatic nitrogens is 2. The van der Waals surface area contributed by atoms with Gasteiger partial charge in [-0.25, -0.2) is 0 Å². The summed E-state index contributed by atoms with van der Waals surface area (Å²) >= 11 is 6.71. The Bertz CT molecular complexity index is 1320.